The first-order valence-corrected chi connectivity index (χ1v) is 10.9. The van der Waals surface area contributed by atoms with Gasteiger partial charge in [0.2, 0.25) is 11.9 Å². The van der Waals surface area contributed by atoms with Crippen molar-refractivity contribution in [2.45, 2.75) is 39.3 Å². The maximum atomic E-state index is 12.5. The van der Waals surface area contributed by atoms with Crippen molar-refractivity contribution in [1.29, 1.82) is 0 Å². The molecule has 0 aliphatic carbocycles. The highest BCUT2D eigenvalue weighted by Gasteiger charge is 2.35. The first kappa shape index (κ1) is 22.2. The Morgan fingerprint density at radius 1 is 1.12 bits per heavy atom. The molecule has 2 amide bonds. The summed E-state index contributed by atoms with van der Waals surface area (Å²) in [7, 11) is 0. The summed E-state index contributed by atoms with van der Waals surface area (Å²) in [6.45, 7) is 6.03. The largest absolute Gasteiger partial charge is 0.447 e. The molecule has 170 valence electrons. The van der Waals surface area contributed by atoms with Crippen molar-refractivity contribution >= 4 is 29.6 Å². The van der Waals surface area contributed by atoms with Gasteiger partial charge in [0.25, 0.3) is 5.91 Å². The maximum Gasteiger partial charge on any atom is 0.417 e. The Kier molecular flexibility index (Phi) is 6.48. The minimum atomic E-state index is -0.448. The Morgan fingerprint density at radius 2 is 1.85 bits per heavy atom. The van der Waals surface area contributed by atoms with E-state index >= 15 is 0 Å². The normalized spacial score (nSPS) is 16.3. The number of carbonyl (C=O) groups excluding carboxylic acids is 2. The number of aromatic nitrogens is 3. The molecule has 0 bridgehead atoms. The number of ether oxygens (including phenoxy) is 1. The predicted molar refractivity (Wildman–Crippen MR) is 125 cm³/mol. The van der Waals surface area contributed by atoms with Gasteiger partial charge in [0.15, 0.2) is 0 Å². The smallest absolute Gasteiger partial charge is 0.417 e. The summed E-state index contributed by atoms with van der Waals surface area (Å²) in [6, 6.07) is 16.4. The zero-order valence-electron chi connectivity index (χ0n) is 18.8. The van der Waals surface area contributed by atoms with Gasteiger partial charge in [-0.1, -0.05) is 37.3 Å². The average Bonchev–Trinajstić information content (AvgIpc) is 3.20. The summed E-state index contributed by atoms with van der Waals surface area (Å²) < 4.78 is 5.16. The third-order valence-corrected chi connectivity index (χ3v) is 5.43. The number of anilines is 3. The second kappa shape index (κ2) is 9.64. The van der Waals surface area contributed by atoms with Crippen LogP contribution in [0.2, 0.25) is 0 Å². The molecule has 0 saturated carbocycles. The van der Waals surface area contributed by atoms with Crippen LogP contribution in [0.5, 0.6) is 0 Å². The van der Waals surface area contributed by atoms with E-state index in [9.17, 15) is 9.59 Å². The molecule has 0 unspecified atom stereocenters. The minimum absolute atomic E-state index is 0.0980. The zero-order chi connectivity index (χ0) is 23.4. The number of benzene rings is 2. The number of aryl methyl sites for hydroxylation is 1. The molecular formula is C24H26N6O3. The second-order valence-electron chi connectivity index (χ2n) is 7.82. The molecule has 0 radical (unpaired) electrons. The van der Waals surface area contributed by atoms with Crippen LogP contribution in [0, 0.1) is 6.92 Å². The van der Waals surface area contributed by atoms with E-state index in [0.717, 1.165) is 17.7 Å². The number of nitrogens with zero attached hydrogens (tertiary/aromatic N) is 4. The summed E-state index contributed by atoms with van der Waals surface area (Å²) in [6.07, 6.45) is 0.288. The fourth-order valence-electron chi connectivity index (χ4n) is 3.57. The van der Waals surface area contributed by atoms with Gasteiger partial charge in [-0.25, -0.2) is 9.69 Å². The Morgan fingerprint density at radius 3 is 2.55 bits per heavy atom. The number of nitrogens with one attached hydrogen (secondary N) is 2. The molecule has 1 aromatic heterocycles. The number of hydrogen-bond acceptors (Lipinski definition) is 7. The highest BCUT2D eigenvalue weighted by molar-refractivity contribution is 6.04. The molecule has 2 heterocycles. The number of rotatable bonds is 7. The molecule has 1 fully saturated rings. The number of amides is 2. The number of para-hydroxylation sites is 1. The Hall–Kier alpha value is -4.01. The van der Waals surface area contributed by atoms with Crippen molar-refractivity contribution in [3.8, 4) is 0 Å². The molecule has 3 aromatic rings. The summed E-state index contributed by atoms with van der Waals surface area (Å²) in [4.78, 5) is 39.2. The molecular weight excluding hydrogens is 420 g/mol. The van der Waals surface area contributed by atoms with Gasteiger partial charge in [-0.15, -0.1) is 0 Å². The average molecular weight is 447 g/mol. The minimum Gasteiger partial charge on any atom is -0.447 e. The number of cyclic esters (lactones) is 1. The van der Waals surface area contributed by atoms with Gasteiger partial charge in [0.05, 0.1) is 12.1 Å². The number of hydrogen-bond donors (Lipinski definition) is 2. The van der Waals surface area contributed by atoms with E-state index in [0.29, 0.717) is 23.9 Å². The Balaban J connectivity index is 1.46. The summed E-state index contributed by atoms with van der Waals surface area (Å²) in [5.41, 5.74) is 2.26. The highest BCUT2D eigenvalue weighted by atomic mass is 16.6. The third-order valence-electron chi connectivity index (χ3n) is 5.43. The van der Waals surface area contributed by atoms with Crippen LogP contribution in [0.15, 0.2) is 54.6 Å². The lowest BCUT2D eigenvalue weighted by atomic mass is 10.1. The highest BCUT2D eigenvalue weighted by Crippen LogP contribution is 2.24. The third kappa shape index (κ3) is 5.08. The van der Waals surface area contributed by atoms with Crippen molar-refractivity contribution in [2.24, 2.45) is 0 Å². The van der Waals surface area contributed by atoms with E-state index in [1.54, 1.807) is 19.1 Å². The zero-order valence-corrected chi connectivity index (χ0v) is 18.8. The van der Waals surface area contributed by atoms with E-state index in [4.69, 9.17) is 4.74 Å². The fourth-order valence-corrected chi connectivity index (χ4v) is 3.57. The van der Waals surface area contributed by atoms with Gasteiger partial charge in [-0.2, -0.15) is 15.0 Å². The first-order chi connectivity index (χ1) is 15.9. The van der Waals surface area contributed by atoms with Crippen LogP contribution in [0.4, 0.5) is 22.4 Å². The van der Waals surface area contributed by atoms with E-state index < -0.39 is 6.09 Å². The van der Waals surface area contributed by atoms with E-state index in [2.05, 4.69) is 25.6 Å². The van der Waals surface area contributed by atoms with Gasteiger partial charge in [-0.3, -0.25) is 4.79 Å². The maximum absolute atomic E-state index is 12.5. The molecule has 9 heteroatoms. The van der Waals surface area contributed by atoms with Crippen LogP contribution in [0.3, 0.4) is 0 Å². The molecule has 2 N–H and O–H groups in total. The van der Waals surface area contributed by atoms with Gasteiger partial charge in [-0.05, 0) is 50.1 Å². The van der Waals surface area contributed by atoms with Crippen LogP contribution in [0.1, 0.15) is 48.1 Å². The molecule has 33 heavy (non-hydrogen) atoms. The molecule has 1 saturated heterocycles. The molecule has 0 spiro atoms. The monoisotopic (exact) mass is 446 g/mol. The standard InChI is InChI=1S/C24H26N6O3/c1-4-20-14-33-24(32)30(20)23-27-16(3)26-22(29-23)25-15(2)17-10-12-18(13-11-17)21(31)28-19-8-6-5-7-9-19/h5-13,15,20H,4,14H2,1-3H3,(H,28,31)(H,25,26,27,29)/t15-,20-/m0/s1. The van der Waals surface area contributed by atoms with E-state index in [1.807, 2.05) is 56.3 Å². The Labute approximate surface area is 192 Å². The van der Waals surface area contributed by atoms with Crippen molar-refractivity contribution in [2.75, 3.05) is 22.1 Å². The molecule has 2 atom stereocenters. The SMILES string of the molecule is CC[C@H]1COC(=O)N1c1nc(C)nc(N[C@@H](C)c2ccc(C(=O)Nc3ccccc3)cc2)n1. The number of carbonyl (C=O) groups is 2. The fraction of sp³-hybridized carbons (Fsp3) is 0.292. The van der Waals surface area contributed by atoms with E-state index in [1.165, 1.54) is 4.90 Å². The topological polar surface area (TPSA) is 109 Å². The molecule has 1 aliphatic rings. The van der Waals surface area contributed by atoms with Gasteiger partial charge >= 0.3 is 6.09 Å². The lowest BCUT2D eigenvalue weighted by Crippen LogP contribution is -2.34. The van der Waals surface area contributed by atoms with Crippen molar-refractivity contribution in [1.82, 2.24) is 15.0 Å². The quantitative estimate of drug-likeness (QED) is 0.555. The van der Waals surface area contributed by atoms with Crippen molar-refractivity contribution in [3.05, 3.63) is 71.5 Å². The summed E-state index contributed by atoms with van der Waals surface area (Å²) in [5.74, 6) is 0.969. The van der Waals surface area contributed by atoms with Crippen LogP contribution in [-0.2, 0) is 4.74 Å². The second-order valence-corrected chi connectivity index (χ2v) is 7.82. The molecule has 9 nitrogen and oxygen atoms in total. The predicted octanol–water partition coefficient (Wildman–Crippen LogP) is 4.34. The molecule has 4 rings (SSSR count). The van der Waals surface area contributed by atoms with Crippen LogP contribution >= 0.6 is 0 Å². The van der Waals surface area contributed by atoms with Crippen LogP contribution < -0.4 is 15.5 Å². The van der Waals surface area contributed by atoms with E-state index in [-0.39, 0.29) is 23.9 Å². The van der Waals surface area contributed by atoms with Gasteiger partial charge in [0.1, 0.15) is 12.4 Å². The van der Waals surface area contributed by atoms with Crippen LogP contribution in [-0.4, -0.2) is 39.6 Å². The summed E-state index contributed by atoms with van der Waals surface area (Å²) in [5, 5.41) is 6.13. The Bertz CT molecular complexity index is 1140. The van der Waals surface area contributed by atoms with Crippen molar-refractivity contribution in [3.63, 3.8) is 0 Å². The van der Waals surface area contributed by atoms with Gasteiger partial charge < -0.3 is 15.4 Å². The van der Waals surface area contributed by atoms with Gasteiger partial charge in [0, 0.05) is 11.3 Å². The van der Waals surface area contributed by atoms with Crippen LogP contribution in [0.25, 0.3) is 0 Å². The first-order valence-electron chi connectivity index (χ1n) is 10.9. The lowest BCUT2D eigenvalue weighted by Gasteiger charge is -2.20. The molecule has 2 aromatic carbocycles. The summed E-state index contributed by atoms with van der Waals surface area (Å²) >= 11 is 0. The molecule has 1 aliphatic heterocycles. The lowest BCUT2D eigenvalue weighted by molar-refractivity contribution is 0.102. The van der Waals surface area contributed by atoms with Crippen molar-refractivity contribution < 1.29 is 14.3 Å².